The first-order valence-electron chi connectivity index (χ1n) is 7.44. The second-order valence-corrected chi connectivity index (χ2v) is 5.23. The molecular formula is C15H19F2N3O2. The number of alkyl halides is 2. The van der Waals surface area contributed by atoms with E-state index in [1.807, 2.05) is 0 Å². The Labute approximate surface area is 127 Å². The zero-order valence-corrected chi connectivity index (χ0v) is 12.2. The monoisotopic (exact) mass is 311 g/mol. The third-order valence-corrected chi connectivity index (χ3v) is 3.68. The summed E-state index contributed by atoms with van der Waals surface area (Å²) >= 11 is 0. The highest BCUT2D eigenvalue weighted by molar-refractivity contribution is 5.81. The number of halogens is 2. The average Bonchev–Trinajstić information content (AvgIpc) is 2.98. The van der Waals surface area contributed by atoms with Gasteiger partial charge in [-0.15, -0.1) is 0 Å². The summed E-state index contributed by atoms with van der Waals surface area (Å²) in [5.41, 5.74) is 1.03. The summed E-state index contributed by atoms with van der Waals surface area (Å²) in [7, 11) is 0. The van der Waals surface area contributed by atoms with Gasteiger partial charge in [0.25, 0.3) is 6.43 Å². The van der Waals surface area contributed by atoms with Crippen LogP contribution in [0.3, 0.4) is 0 Å². The smallest absolute Gasteiger partial charge is 0.295 e. The average molecular weight is 311 g/mol. The van der Waals surface area contributed by atoms with Crippen LogP contribution in [0.25, 0.3) is 11.0 Å². The van der Waals surface area contributed by atoms with E-state index in [0.29, 0.717) is 23.4 Å². The minimum atomic E-state index is -2.61. The molecule has 1 aromatic carbocycles. The molecule has 1 fully saturated rings. The fourth-order valence-corrected chi connectivity index (χ4v) is 2.54. The van der Waals surface area contributed by atoms with E-state index in [1.165, 1.54) is 0 Å². The lowest BCUT2D eigenvalue weighted by molar-refractivity contribution is 0.0358. The molecule has 120 valence electrons. The number of H-pyrrole nitrogens is 1. The van der Waals surface area contributed by atoms with Crippen LogP contribution in [0.15, 0.2) is 18.2 Å². The molecular weight excluding hydrogens is 292 g/mol. The Balaban J connectivity index is 1.56. The van der Waals surface area contributed by atoms with Crippen molar-refractivity contribution in [3.8, 4) is 5.75 Å². The second kappa shape index (κ2) is 7.02. The molecule has 5 nitrogen and oxygen atoms in total. The first-order chi connectivity index (χ1) is 10.7. The van der Waals surface area contributed by atoms with Crippen LogP contribution in [-0.4, -0.2) is 54.3 Å². The molecule has 3 rings (SSSR count). The number of aromatic amines is 1. The van der Waals surface area contributed by atoms with Crippen LogP contribution in [0.5, 0.6) is 5.75 Å². The zero-order valence-electron chi connectivity index (χ0n) is 12.2. The lowest BCUT2D eigenvalue weighted by Gasteiger charge is -2.26. The molecule has 7 heteroatoms. The maximum absolute atomic E-state index is 12.7. The van der Waals surface area contributed by atoms with Crippen molar-refractivity contribution >= 4 is 11.0 Å². The molecule has 2 heterocycles. The van der Waals surface area contributed by atoms with E-state index in [1.54, 1.807) is 18.2 Å². The highest BCUT2D eigenvalue weighted by Crippen LogP contribution is 2.26. The van der Waals surface area contributed by atoms with Crippen LogP contribution in [0, 0.1) is 0 Å². The van der Waals surface area contributed by atoms with Crippen LogP contribution < -0.4 is 4.74 Å². The zero-order chi connectivity index (χ0) is 15.4. The Morgan fingerprint density at radius 1 is 1.32 bits per heavy atom. The maximum Gasteiger partial charge on any atom is 0.295 e. The molecule has 1 N–H and O–H groups in total. The number of hydrogen-bond acceptors (Lipinski definition) is 4. The number of ether oxygens (including phenoxy) is 2. The van der Waals surface area contributed by atoms with Crippen LogP contribution in [-0.2, 0) is 4.74 Å². The molecule has 1 aliphatic heterocycles. The van der Waals surface area contributed by atoms with E-state index in [9.17, 15) is 8.78 Å². The molecule has 1 aliphatic rings. The Kier molecular flexibility index (Phi) is 4.84. The number of hydrogen-bond donors (Lipinski definition) is 1. The molecule has 2 aromatic rings. The summed E-state index contributed by atoms with van der Waals surface area (Å²) in [6.07, 6.45) is -1.73. The standard InChI is InChI=1S/C15H19F2N3O2/c16-14(17)15-18-11-3-1-4-12(13(11)19-15)22-8-2-5-20-6-9-21-10-7-20/h1,3-4,14H,2,5-10H2,(H,18,19). The van der Waals surface area contributed by atoms with Gasteiger partial charge in [-0.05, 0) is 18.6 Å². The van der Waals surface area contributed by atoms with Crippen molar-refractivity contribution in [3.63, 3.8) is 0 Å². The fraction of sp³-hybridized carbons (Fsp3) is 0.533. The number of morpholine rings is 1. The van der Waals surface area contributed by atoms with Crippen LogP contribution >= 0.6 is 0 Å². The highest BCUT2D eigenvalue weighted by Gasteiger charge is 2.15. The van der Waals surface area contributed by atoms with E-state index in [0.717, 1.165) is 39.3 Å². The van der Waals surface area contributed by atoms with Crippen molar-refractivity contribution in [2.24, 2.45) is 0 Å². The van der Waals surface area contributed by atoms with Gasteiger partial charge in [-0.25, -0.2) is 13.8 Å². The van der Waals surface area contributed by atoms with Gasteiger partial charge >= 0.3 is 0 Å². The lowest BCUT2D eigenvalue weighted by Crippen LogP contribution is -2.37. The van der Waals surface area contributed by atoms with E-state index >= 15 is 0 Å². The molecule has 0 bridgehead atoms. The molecule has 0 aliphatic carbocycles. The fourth-order valence-electron chi connectivity index (χ4n) is 2.54. The first-order valence-corrected chi connectivity index (χ1v) is 7.44. The minimum Gasteiger partial charge on any atom is -0.491 e. The van der Waals surface area contributed by atoms with Gasteiger partial charge in [0, 0.05) is 19.6 Å². The maximum atomic E-state index is 12.7. The molecule has 0 atom stereocenters. The quantitative estimate of drug-likeness (QED) is 0.833. The normalized spacial score (nSPS) is 16.5. The lowest BCUT2D eigenvalue weighted by atomic mass is 10.3. The van der Waals surface area contributed by atoms with Crippen molar-refractivity contribution in [1.29, 1.82) is 0 Å². The largest absolute Gasteiger partial charge is 0.491 e. The summed E-state index contributed by atoms with van der Waals surface area (Å²) in [5, 5.41) is 0. The number of nitrogens with one attached hydrogen (secondary N) is 1. The van der Waals surface area contributed by atoms with E-state index in [4.69, 9.17) is 9.47 Å². The van der Waals surface area contributed by atoms with Gasteiger partial charge in [-0.2, -0.15) is 0 Å². The second-order valence-electron chi connectivity index (χ2n) is 5.23. The number of fused-ring (bicyclic) bond motifs is 1. The predicted molar refractivity (Wildman–Crippen MR) is 78.4 cm³/mol. The summed E-state index contributed by atoms with van der Waals surface area (Å²) in [4.78, 5) is 8.87. The molecule has 0 saturated carbocycles. The topological polar surface area (TPSA) is 50.4 Å². The van der Waals surface area contributed by atoms with Gasteiger partial charge in [0.15, 0.2) is 5.82 Å². The molecule has 0 spiro atoms. The Bertz CT molecular complexity index is 612. The van der Waals surface area contributed by atoms with Crippen LogP contribution in [0.4, 0.5) is 8.78 Å². The number of para-hydroxylation sites is 1. The highest BCUT2D eigenvalue weighted by atomic mass is 19.3. The third kappa shape index (κ3) is 3.53. The number of benzene rings is 1. The third-order valence-electron chi connectivity index (χ3n) is 3.68. The molecule has 1 saturated heterocycles. The van der Waals surface area contributed by atoms with Crippen LogP contribution in [0.2, 0.25) is 0 Å². The predicted octanol–water partition coefficient (Wildman–Crippen LogP) is 2.60. The molecule has 1 aromatic heterocycles. The van der Waals surface area contributed by atoms with E-state index < -0.39 is 6.43 Å². The van der Waals surface area contributed by atoms with Gasteiger partial charge in [-0.3, -0.25) is 4.90 Å². The summed E-state index contributed by atoms with van der Waals surface area (Å²) in [6.45, 7) is 4.95. The van der Waals surface area contributed by atoms with Gasteiger partial charge in [0.1, 0.15) is 11.3 Å². The van der Waals surface area contributed by atoms with Crippen molar-refractivity contribution in [3.05, 3.63) is 24.0 Å². The SMILES string of the molecule is FC(F)c1nc2c(OCCCN3CCOCC3)cccc2[nH]1. The number of nitrogens with zero attached hydrogens (tertiary/aromatic N) is 2. The molecule has 0 radical (unpaired) electrons. The minimum absolute atomic E-state index is 0.320. The Hall–Kier alpha value is -1.73. The van der Waals surface area contributed by atoms with Gasteiger partial charge in [-0.1, -0.05) is 6.07 Å². The number of aromatic nitrogens is 2. The van der Waals surface area contributed by atoms with Crippen molar-refractivity contribution < 1.29 is 18.3 Å². The summed E-state index contributed by atoms with van der Waals surface area (Å²) < 4.78 is 36.4. The van der Waals surface area contributed by atoms with E-state index in [2.05, 4.69) is 14.9 Å². The van der Waals surface area contributed by atoms with Gasteiger partial charge in [0.05, 0.1) is 25.3 Å². The molecule has 0 amide bonds. The Morgan fingerprint density at radius 3 is 2.91 bits per heavy atom. The summed E-state index contributed by atoms with van der Waals surface area (Å²) in [5.74, 6) is 0.224. The van der Waals surface area contributed by atoms with Gasteiger partial charge in [0.2, 0.25) is 0 Å². The van der Waals surface area contributed by atoms with Crippen molar-refractivity contribution in [1.82, 2.24) is 14.9 Å². The van der Waals surface area contributed by atoms with Gasteiger partial charge < -0.3 is 14.5 Å². The molecule has 22 heavy (non-hydrogen) atoms. The van der Waals surface area contributed by atoms with Crippen LogP contribution in [0.1, 0.15) is 18.7 Å². The number of imidazole rings is 1. The van der Waals surface area contributed by atoms with Crippen molar-refractivity contribution in [2.45, 2.75) is 12.8 Å². The number of rotatable bonds is 6. The first kappa shape index (κ1) is 15.2. The molecule has 0 unspecified atom stereocenters. The Morgan fingerprint density at radius 2 is 2.14 bits per heavy atom. The van der Waals surface area contributed by atoms with Crippen molar-refractivity contribution in [2.75, 3.05) is 39.5 Å². The summed E-state index contributed by atoms with van der Waals surface area (Å²) in [6, 6.07) is 5.25. The van der Waals surface area contributed by atoms with E-state index in [-0.39, 0.29) is 5.82 Å².